The molecule has 4 heteroatoms. The first kappa shape index (κ1) is 16.4. The number of hydrogen-bond donors (Lipinski definition) is 2. The van der Waals surface area contributed by atoms with Gasteiger partial charge >= 0.3 is 0 Å². The van der Waals surface area contributed by atoms with Gasteiger partial charge in [0.1, 0.15) is 5.54 Å². The van der Waals surface area contributed by atoms with Crippen molar-refractivity contribution in [1.82, 2.24) is 5.32 Å². The number of nitriles is 1. The average molecular weight is 299 g/mol. The molecule has 0 heterocycles. The molecule has 0 bridgehead atoms. The van der Waals surface area contributed by atoms with Crippen LogP contribution < -0.4 is 10.6 Å². The summed E-state index contributed by atoms with van der Waals surface area (Å²) in [5.41, 5.74) is 2.70. The Kier molecular flexibility index (Phi) is 5.43. The lowest BCUT2D eigenvalue weighted by Crippen LogP contribution is -2.48. The molecule has 4 nitrogen and oxygen atoms in total. The number of carbonyl (C=O) groups excluding carboxylic acids is 1. The Hall–Kier alpha value is -2.02. The van der Waals surface area contributed by atoms with Crippen molar-refractivity contribution in [2.75, 3.05) is 11.9 Å². The summed E-state index contributed by atoms with van der Waals surface area (Å²) in [6.45, 7) is 4.32. The van der Waals surface area contributed by atoms with Gasteiger partial charge in [-0.2, -0.15) is 5.26 Å². The number of nitrogens with one attached hydrogen (secondary N) is 2. The topological polar surface area (TPSA) is 64.9 Å². The van der Waals surface area contributed by atoms with Crippen LogP contribution in [0.15, 0.2) is 18.2 Å². The molecule has 22 heavy (non-hydrogen) atoms. The molecular weight excluding hydrogens is 274 g/mol. The highest BCUT2D eigenvalue weighted by Crippen LogP contribution is 2.26. The van der Waals surface area contributed by atoms with Crippen molar-refractivity contribution in [2.24, 2.45) is 0 Å². The van der Waals surface area contributed by atoms with E-state index in [9.17, 15) is 10.1 Å². The van der Waals surface area contributed by atoms with Crippen molar-refractivity contribution in [3.8, 4) is 6.07 Å². The second kappa shape index (κ2) is 7.31. The van der Waals surface area contributed by atoms with E-state index >= 15 is 0 Å². The third-order valence-corrected chi connectivity index (χ3v) is 4.51. The standard InChI is InChI=1S/C18H25N3O/c1-14-7-8-16(11-15(14)2)20-12-17(22)21-18(13-19)9-5-3-4-6-10-18/h7-8,11,20H,3-6,9-10,12H2,1-2H3,(H,21,22). The fourth-order valence-electron chi connectivity index (χ4n) is 2.94. The van der Waals surface area contributed by atoms with E-state index in [1.807, 2.05) is 18.2 Å². The van der Waals surface area contributed by atoms with Crippen LogP contribution in [-0.2, 0) is 4.79 Å². The summed E-state index contributed by atoms with van der Waals surface area (Å²) in [5.74, 6) is -0.110. The summed E-state index contributed by atoms with van der Waals surface area (Å²) < 4.78 is 0. The molecule has 0 aromatic heterocycles. The number of anilines is 1. The van der Waals surface area contributed by atoms with Crippen molar-refractivity contribution in [3.05, 3.63) is 29.3 Å². The number of amides is 1. The zero-order valence-corrected chi connectivity index (χ0v) is 13.5. The molecule has 1 aliphatic rings. The van der Waals surface area contributed by atoms with Crippen molar-refractivity contribution in [3.63, 3.8) is 0 Å². The highest BCUT2D eigenvalue weighted by Gasteiger charge is 2.32. The summed E-state index contributed by atoms with van der Waals surface area (Å²) in [6, 6.07) is 8.39. The van der Waals surface area contributed by atoms with E-state index in [2.05, 4.69) is 30.6 Å². The monoisotopic (exact) mass is 299 g/mol. The predicted molar refractivity (Wildman–Crippen MR) is 88.6 cm³/mol. The lowest BCUT2D eigenvalue weighted by Gasteiger charge is -2.26. The Morgan fingerprint density at radius 3 is 2.45 bits per heavy atom. The number of rotatable bonds is 4. The lowest BCUT2D eigenvalue weighted by atomic mass is 9.92. The van der Waals surface area contributed by atoms with E-state index in [0.717, 1.165) is 44.2 Å². The first-order valence-corrected chi connectivity index (χ1v) is 8.08. The summed E-state index contributed by atoms with van der Waals surface area (Å²) in [4.78, 5) is 12.2. The maximum absolute atomic E-state index is 12.2. The van der Waals surface area contributed by atoms with Gasteiger partial charge in [0.2, 0.25) is 5.91 Å². The van der Waals surface area contributed by atoms with Crippen LogP contribution >= 0.6 is 0 Å². The zero-order chi connectivity index (χ0) is 16.0. The highest BCUT2D eigenvalue weighted by atomic mass is 16.2. The molecule has 0 spiro atoms. The highest BCUT2D eigenvalue weighted by molar-refractivity contribution is 5.81. The molecule has 1 saturated carbocycles. The Morgan fingerprint density at radius 1 is 1.18 bits per heavy atom. The molecule has 2 rings (SSSR count). The van der Waals surface area contributed by atoms with Gasteiger partial charge < -0.3 is 10.6 Å². The third kappa shape index (κ3) is 4.24. The van der Waals surface area contributed by atoms with E-state index in [0.29, 0.717) is 0 Å². The minimum absolute atomic E-state index is 0.110. The molecule has 1 amide bonds. The van der Waals surface area contributed by atoms with Gasteiger partial charge in [-0.1, -0.05) is 31.7 Å². The second-order valence-corrected chi connectivity index (χ2v) is 6.31. The van der Waals surface area contributed by atoms with Gasteiger partial charge in [-0.3, -0.25) is 4.79 Å². The largest absolute Gasteiger partial charge is 0.376 e. The quantitative estimate of drug-likeness (QED) is 0.837. The van der Waals surface area contributed by atoms with Crippen molar-refractivity contribution < 1.29 is 4.79 Å². The number of nitrogens with zero attached hydrogens (tertiary/aromatic N) is 1. The minimum Gasteiger partial charge on any atom is -0.376 e. The molecule has 2 N–H and O–H groups in total. The van der Waals surface area contributed by atoms with Gasteiger partial charge in [0.05, 0.1) is 12.6 Å². The van der Waals surface area contributed by atoms with Crippen LogP contribution in [0.25, 0.3) is 0 Å². The van der Waals surface area contributed by atoms with E-state index in [-0.39, 0.29) is 12.5 Å². The molecule has 0 saturated heterocycles. The Labute approximate surface area is 132 Å². The molecular formula is C18H25N3O. The summed E-state index contributed by atoms with van der Waals surface area (Å²) in [6.07, 6.45) is 5.86. The van der Waals surface area contributed by atoms with Crippen LogP contribution in [0.1, 0.15) is 49.7 Å². The SMILES string of the molecule is Cc1ccc(NCC(=O)NC2(C#N)CCCCCC2)cc1C. The summed E-state index contributed by atoms with van der Waals surface area (Å²) >= 11 is 0. The Bertz CT molecular complexity index is 566. The molecule has 0 radical (unpaired) electrons. The van der Waals surface area contributed by atoms with Crippen LogP contribution in [-0.4, -0.2) is 18.0 Å². The third-order valence-electron chi connectivity index (χ3n) is 4.51. The first-order valence-electron chi connectivity index (χ1n) is 8.08. The molecule has 1 aromatic rings. The summed E-state index contributed by atoms with van der Waals surface area (Å²) in [7, 11) is 0. The molecule has 1 aliphatic carbocycles. The van der Waals surface area contributed by atoms with Crippen LogP contribution in [0.4, 0.5) is 5.69 Å². The zero-order valence-electron chi connectivity index (χ0n) is 13.5. The maximum atomic E-state index is 12.2. The fraction of sp³-hybridized carbons (Fsp3) is 0.556. The number of carbonyl (C=O) groups is 1. The molecule has 1 fully saturated rings. The molecule has 0 atom stereocenters. The minimum atomic E-state index is -0.668. The number of hydrogen-bond acceptors (Lipinski definition) is 3. The van der Waals surface area contributed by atoms with Crippen molar-refractivity contribution in [1.29, 1.82) is 5.26 Å². The van der Waals surface area contributed by atoms with E-state index in [1.54, 1.807) is 0 Å². The maximum Gasteiger partial charge on any atom is 0.240 e. The smallest absolute Gasteiger partial charge is 0.240 e. The summed E-state index contributed by atoms with van der Waals surface area (Å²) in [5, 5.41) is 15.6. The predicted octanol–water partition coefficient (Wildman–Crippen LogP) is 3.45. The molecule has 0 aliphatic heterocycles. The van der Waals surface area contributed by atoms with Gasteiger partial charge in [0.15, 0.2) is 0 Å². The van der Waals surface area contributed by atoms with E-state index < -0.39 is 5.54 Å². The Balaban J connectivity index is 1.91. The lowest BCUT2D eigenvalue weighted by molar-refractivity contribution is -0.120. The van der Waals surface area contributed by atoms with Gasteiger partial charge in [0, 0.05) is 5.69 Å². The van der Waals surface area contributed by atoms with Crippen LogP contribution in [0.3, 0.4) is 0 Å². The van der Waals surface area contributed by atoms with Crippen molar-refractivity contribution >= 4 is 11.6 Å². The van der Waals surface area contributed by atoms with Crippen LogP contribution in [0, 0.1) is 25.2 Å². The van der Waals surface area contributed by atoms with Gasteiger partial charge in [-0.25, -0.2) is 0 Å². The second-order valence-electron chi connectivity index (χ2n) is 6.31. The van der Waals surface area contributed by atoms with Crippen molar-refractivity contribution in [2.45, 2.75) is 57.9 Å². The number of aryl methyl sites for hydroxylation is 2. The van der Waals surface area contributed by atoms with Crippen LogP contribution in [0.2, 0.25) is 0 Å². The van der Waals surface area contributed by atoms with Gasteiger partial charge in [0.25, 0.3) is 0 Å². The Morgan fingerprint density at radius 2 is 1.86 bits per heavy atom. The number of benzene rings is 1. The molecule has 1 aromatic carbocycles. The molecule has 118 valence electrons. The normalized spacial score (nSPS) is 17.1. The van der Waals surface area contributed by atoms with E-state index in [4.69, 9.17) is 0 Å². The van der Waals surface area contributed by atoms with E-state index in [1.165, 1.54) is 11.1 Å². The van der Waals surface area contributed by atoms with Gasteiger partial charge in [-0.05, 0) is 49.9 Å². The van der Waals surface area contributed by atoms with Crippen LogP contribution in [0.5, 0.6) is 0 Å². The first-order chi connectivity index (χ1) is 10.5. The fourth-order valence-corrected chi connectivity index (χ4v) is 2.94. The average Bonchev–Trinajstić information content (AvgIpc) is 2.74. The molecule has 0 unspecified atom stereocenters. The van der Waals surface area contributed by atoms with Gasteiger partial charge in [-0.15, -0.1) is 0 Å².